The van der Waals surface area contributed by atoms with Crippen LogP contribution in [-0.2, 0) is 4.79 Å². The van der Waals surface area contributed by atoms with Crippen LogP contribution in [-0.4, -0.2) is 66.4 Å². The Bertz CT molecular complexity index is 1110. The molecule has 2 aliphatic heterocycles. The highest BCUT2D eigenvalue weighted by molar-refractivity contribution is 5.79. The Morgan fingerprint density at radius 1 is 0.757 bits per heavy atom. The zero-order chi connectivity index (χ0) is 25.5. The van der Waals surface area contributed by atoms with Gasteiger partial charge in [0.1, 0.15) is 0 Å². The third kappa shape index (κ3) is 6.57. The summed E-state index contributed by atoms with van der Waals surface area (Å²) < 4.78 is 0. The number of amides is 1. The molecule has 0 saturated carbocycles. The first-order valence-electron chi connectivity index (χ1n) is 13.7. The molecule has 0 bridgehead atoms. The van der Waals surface area contributed by atoms with Crippen LogP contribution in [0.15, 0.2) is 96.6 Å². The van der Waals surface area contributed by atoms with Gasteiger partial charge in [-0.15, -0.1) is 0 Å². The maximum absolute atomic E-state index is 13.4. The lowest BCUT2D eigenvalue weighted by Gasteiger charge is -2.41. The van der Waals surface area contributed by atoms with Crippen LogP contribution in [0.4, 0.5) is 0 Å². The molecule has 0 radical (unpaired) electrons. The molecule has 0 aliphatic carbocycles. The maximum atomic E-state index is 13.4. The van der Waals surface area contributed by atoms with Gasteiger partial charge in [0, 0.05) is 38.6 Å². The summed E-state index contributed by atoms with van der Waals surface area (Å²) in [5.41, 5.74) is 5.26. The lowest BCUT2D eigenvalue weighted by Crippen LogP contribution is -2.52. The molecule has 2 saturated heterocycles. The molecule has 2 fully saturated rings. The highest BCUT2D eigenvalue weighted by atomic mass is 16.2. The minimum Gasteiger partial charge on any atom is -0.340 e. The Kier molecular flexibility index (Phi) is 8.49. The van der Waals surface area contributed by atoms with Crippen LogP contribution in [0.3, 0.4) is 0 Å². The molecular weight excluding hydrogens is 454 g/mol. The molecular formula is C33H39N3O. The van der Waals surface area contributed by atoms with Crippen molar-refractivity contribution in [2.24, 2.45) is 5.92 Å². The predicted molar refractivity (Wildman–Crippen MR) is 152 cm³/mol. The van der Waals surface area contributed by atoms with Crippen LogP contribution in [0.1, 0.15) is 42.5 Å². The molecule has 192 valence electrons. The molecule has 2 aliphatic rings. The number of nitrogens with zero attached hydrogens (tertiary/aromatic N) is 3. The number of likely N-dealkylation sites (tertiary alicyclic amines) is 1. The first-order valence-corrected chi connectivity index (χ1v) is 13.7. The number of piperazine rings is 1. The number of rotatable bonds is 7. The van der Waals surface area contributed by atoms with Gasteiger partial charge in [0.2, 0.25) is 5.91 Å². The number of hydrogen-bond donors (Lipinski definition) is 0. The smallest absolute Gasteiger partial charge is 0.225 e. The van der Waals surface area contributed by atoms with Gasteiger partial charge in [0.05, 0.1) is 6.04 Å². The molecule has 37 heavy (non-hydrogen) atoms. The quantitative estimate of drug-likeness (QED) is 0.420. The summed E-state index contributed by atoms with van der Waals surface area (Å²) in [5.74, 6) is 0.534. The Morgan fingerprint density at radius 2 is 1.27 bits per heavy atom. The fraction of sp³-hybridized carbons (Fsp3) is 0.364. The van der Waals surface area contributed by atoms with Gasteiger partial charge in [-0.1, -0.05) is 103 Å². The van der Waals surface area contributed by atoms with E-state index in [2.05, 4.69) is 119 Å². The molecule has 3 aromatic carbocycles. The van der Waals surface area contributed by atoms with E-state index in [9.17, 15) is 4.79 Å². The average Bonchev–Trinajstić information content (AvgIpc) is 2.95. The van der Waals surface area contributed by atoms with E-state index in [1.165, 1.54) is 22.3 Å². The second-order valence-corrected chi connectivity index (χ2v) is 10.5. The molecule has 0 unspecified atom stereocenters. The van der Waals surface area contributed by atoms with Crippen LogP contribution in [0.25, 0.3) is 6.08 Å². The van der Waals surface area contributed by atoms with Gasteiger partial charge in [-0.25, -0.2) is 0 Å². The average molecular weight is 494 g/mol. The van der Waals surface area contributed by atoms with Crippen LogP contribution in [0.5, 0.6) is 0 Å². The zero-order valence-electron chi connectivity index (χ0n) is 22.0. The standard InChI is InChI=1S/C33H39N3O/c1-27(25-28-11-5-2-6-12-28)26-34-19-17-31(18-20-34)33(37)36-23-21-35(22-24-36)32(29-13-7-3-8-14-29)30-15-9-4-10-16-30/h2-16,25,31-32H,17-24,26H2,1H3/b27-25+. The van der Waals surface area contributed by atoms with Gasteiger partial charge in [0.15, 0.2) is 0 Å². The molecule has 2 heterocycles. The molecule has 4 heteroatoms. The number of carbonyl (C=O) groups is 1. The van der Waals surface area contributed by atoms with Crippen LogP contribution in [0, 0.1) is 5.92 Å². The predicted octanol–water partition coefficient (Wildman–Crippen LogP) is 5.74. The Morgan fingerprint density at radius 3 is 1.81 bits per heavy atom. The largest absolute Gasteiger partial charge is 0.340 e. The minimum atomic E-state index is 0.167. The molecule has 3 aromatic rings. The summed E-state index contributed by atoms with van der Waals surface area (Å²) in [6.45, 7) is 8.63. The minimum absolute atomic E-state index is 0.167. The van der Waals surface area contributed by atoms with Gasteiger partial charge in [-0.3, -0.25) is 14.6 Å². The fourth-order valence-electron chi connectivity index (χ4n) is 5.91. The van der Waals surface area contributed by atoms with Gasteiger partial charge in [-0.05, 0) is 49.5 Å². The lowest BCUT2D eigenvalue weighted by molar-refractivity contribution is -0.139. The van der Waals surface area contributed by atoms with Gasteiger partial charge in [0.25, 0.3) is 0 Å². The molecule has 0 spiro atoms. The first-order chi connectivity index (χ1) is 18.2. The molecule has 4 nitrogen and oxygen atoms in total. The van der Waals surface area contributed by atoms with Gasteiger partial charge >= 0.3 is 0 Å². The fourth-order valence-corrected chi connectivity index (χ4v) is 5.91. The lowest BCUT2D eigenvalue weighted by atomic mass is 9.94. The number of carbonyl (C=O) groups excluding carboxylic acids is 1. The Balaban J connectivity index is 1.13. The summed E-state index contributed by atoms with van der Waals surface area (Å²) in [6.07, 6.45) is 4.21. The molecule has 0 aromatic heterocycles. The second-order valence-electron chi connectivity index (χ2n) is 10.5. The van der Waals surface area contributed by atoms with Crippen molar-refractivity contribution in [3.05, 3.63) is 113 Å². The van der Waals surface area contributed by atoms with E-state index < -0.39 is 0 Å². The van der Waals surface area contributed by atoms with E-state index in [4.69, 9.17) is 0 Å². The van der Waals surface area contributed by atoms with Crippen molar-refractivity contribution < 1.29 is 4.79 Å². The van der Waals surface area contributed by atoms with Crippen LogP contribution >= 0.6 is 0 Å². The number of benzene rings is 3. The molecule has 0 atom stereocenters. The maximum Gasteiger partial charge on any atom is 0.225 e. The number of hydrogen-bond acceptors (Lipinski definition) is 3. The first kappa shape index (κ1) is 25.4. The van der Waals surface area contributed by atoms with Crippen molar-refractivity contribution in [3.63, 3.8) is 0 Å². The second kappa shape index (κ2) is 12.4. The van der Waals surface area contributed by atoms with E-state index in [0.29, 0.717) is 5.91 Å². The van der Waals surface area contributed by atoms with Crippen molar-refractivity contribution in [3.8, 4) is 0 Å². The Labute approximate surface area is 222 Å². The summed E-state index contributed by atoms with van der Waals surface area (Å²) in [5, 5.41) is 0. The summed E-state index contributed by atoms with van der Waals surface area (Å²) >= 11 is 0. The van der Waals surface area contributed by atoms with E-state index in [0.717, 1.165) is 58.7 Å². The van der Waals surface area contributed by atoms with Crippen molar-refractivity contribution in [1.82, 2.24) is 14.7 Å². The van der Waals surface area contributed by atoms with Crippen molar-refractivity contribution >= 4 is 12.0 Å². The summed E-state index contributed by atoms with van der Waals surface area (Å²) in [4.78, 5) is 20.6. The van der Waals surface area contributed by atoms with Crippen molar-refractivity contribution in [2.75, 3.05) is 45.8 Å². The third-order valence-corrected chi connectivity index (χ3v) is 7.84. The number of piperidine rings is 1. The Hall–Kier alpha value is -3.21. The van der Waals surface area contributed by atoms with E-state index >= 15 is 0 Å². The van der Waals surface area contributed by atoms with E-state index in [1.54, 1.807) is 0 Å². The molecule has 5 rings (SSSR count). The normalized spacial score (nSPS) is 18.3. The van der Waals surface area contributed by atoms with Crippen LogP contribution < -0.4 is 0 Å². The topological polar surface area (TPSA) is 26.8 Å². The third-order valence-electron chi connectivity index (χ3n) is 7.84. The summed E-state index contributed by atoms with van der Waals surface area (Å²) in [6, 6.07) is 32.3. The highest BCUT2D eigenvalue weighted by Crippen LogP contribution is 2.30. The van der Waals surface area contributed by atoms with E-state index in [1.807, 2.05) is 0 Å². The molecule has 1 amide bonds. The monoisotopic (exact) mass is 493 g/mol. The highest BCUT2D eigenvalue weighted by Gasteiger charge is 2.32. The SMILES string of the molecule is C/C(=C\c1ccccc1)CN1CCC(C(=O)N2CCN(C(c3ccccc3)c3ccccc3)CC2)CC1. The van der Waals surface area contributed by atoms with Crippen LogP contribution in [0.2, 0.25) is 0 Å². The van der Waals surface area contributed by atoms with Gasteiger partial charge < -0.3 is 4.90 Å². The van der Waals surface area contributed by atoms with Crippen molar-refractivity contribution in [2.45, 2.75) is 25.8 Å². The zero-order valence-corrected chi connectivity index (χ0v) is 22.0. The summed E-state index contributed by atoms with van der Waals surface area (Å²) in [7, 11) is 0. The van der Waals surface area contributed by atoms with Crippen molar-refractivity contribution in [1.29, 1.82) is 0 Å². The molecule has 0 N–H and O–H groups in total. The van der Waals surface area contributed by atoms with E-state index in [-0.39, 0.29) is 12.0 Å². The van der Waals surface area contributed by atoms with Gasteiger partial charge in [-0.2, -0.15) is 0 Å².